The van der Waals surface area contributed by atoms with Gasteiger partial charge in [0, 0.05) is 12.6 Å². The minimum Gasteiger partial charge on any atom is -0.395 e. The zero-order valence-corrected chi connectivity index (χ0v) is 10.3. The van der Waals surface area contributed by atoms with E-state index >= 15 is 0 Å². The van der Waals surface area contributed by atoms with Gasteiger partial charge in [-0.15, -0.1) is 0 Å². The molecule has 0 radical (unpaired) electrons. The quantitative estimate of drug-likeness (QED) is 0.835. The fraction of sp³-hybridized carbons (Fsp3) is 0.667. The summed E-state index contributed by atoms with van der Waals surface area (Å²) < 4.78 is 5.08. The number of amides is 1. The third-order valence-electron chi connectivity index (χ3n) is 3.07. The van der Waals surface area contributed by atoms with Gasteiger partial charge in [-0.3, -0.25) is 4.79 Å². The van der Waals surface area contributed by atoms with Crippen LogP contribution in [0.25, 0.3) is 0 Å². The average molecular weight is 238 g/mol. The summed E-state index contributed by atoms with van der Waals surface area (Å²) >= 11 is 0. The van der Waals surface area contributed by atoms with Gasteiger partial charge < -0.3 is 14.5 Å². The second kappa shape index (κ2) is 4.87. The molecule has 5 heteroatoms. The molecule has 0 unspecified atom stereocenters. The molecule has 0 aromatic carbocycles. The molecule has 1 aromatic heterocycles. The lowest BCUT2D eigenvalue weighted by atomic mass is 10.1. The first kappa shape index (κ1) is 12.1. The van der Waals surface area contributed by atoms with Gasteiger partial charge in [0.15, 0.2) is 0 Å². The monoisotopic (exact) mass is 238 g/mol. The Morgan fingerprint density at radius 3 is 2.82 bits per heavy atom. The van der Waals surface area contributed by atoms with Crippen LogP contribution in [0.15, 0.2) is 4.52 Å². The molecule has 0 atom stereocenters. The summed E-state index contributed by atoms with van der Waals surface area (Å²) in [6.07, 6.45) is 2.73. The molecule has 1 heterocycles. The highest BCUT2D eigenvalue weighted by atomic mass is 16.5. The van der Waals surface area contributed by atoms with Crippen molar-refractivity contribution in [2.24, 2.45) is 0 Å². The first-order valence-electron chi connectivity index (χ1n) is 6.06. The molecule has 1 aliphatic carbocycles. The van der Waals surface area contributed by atoms with E-state index in [0.29, 0.717) is 30.0 Å². The molecule has 0 bridgehead atoms. The van der Waals surface area contributed by atoms with Gasteiger partial charge in [0.1, 0.15) is 11.3 Å². The maximum absolute atomic E-state index is 12.4. The van der Waals surface area contributed by atoms with E-state index in [4.69, 9.17) is 9.63 Å². The van der Waals surface area contributed by atoms with Crippen molar-refractivity contribution in [1.29, 1.82) is 0 Å². The molecular weight excluding hydrogens is 220 g/mol. The van der Waals surface area contributed by atoms with Crippen LogP contribution in [-0.2, 0) is 6.42 Å². The first-order valence-corrected chi connectivity index (χ1v) is 6.06. The highest BCUT2D eigenvalue weighted by Crippen LogP contribution is 2.29. The van der Waals surface area contributed by atoms with E-state index < -0.39 is 0 Å². The van der Waals surface area contributed by atoms with E-state index in [1.807, 2.05) is 6.92 Å². The Hall–Kier alpha value is -1.36. The summed E-state index contributed by atoms with van der Waals surface area (Å²) in [6, 6.07) is 0.286. The van der Waals surface area contributed by atoms with Crippen molar-refractivity contribution in [3.63, 3.8) is 0 Å². The van der Waals surface area contributed by atoms with E-state index in [9.17, 15) is 4.79 Å². The number of hydrogen-bond donors (Lipinski definition) is 1. The fourth-order valence-electron chi connectivity index (χ4n) is 2.02. The lowest BCUT2D eigenvalue weighted by Gasteiger charge is -2.21. The van der Waals surface area contributed by atoms with E-state index in [1.165, 1.54) is 0 Å². The predicted octanol–water partition coefficient (Wildman–Crippen LogP) is 1.14. The topological polar surface area (TPSA) is 66.6 Å². The molecule has 1 amide bonds. The highest BCUT2D eigenvalue weighted by molar-refractivity contribution is 5.96. The number of aromatic nitrogens is 1. The zero-order chi connectivity index (χ0) is 12.4. The third kappa shape index (κ3) is 2.34. The summed E-state index contributed by atoms with van der Waals surface area (Å²) in [5, 5.41) is 12.9. The molecule has 94 valence electrons. The van der Waals surface area contributed by atoms with Crippen LogP contribution < -0.4 is 0 Å². The van der Waals surface area contributed by atoms with Crippen molar-refractivity contribution in [3.05, 3.63) is 17.0 Å². The fourth-order valence-corrected chi connectivity index (χ4v) is 2.02. The summed E-state index contributed by atoms with van der Waals surface area (Å²) in [5.41, 5.74) is 1.28. The second-order valence-corrected chi connectivity index (χ2v) is 4.37. The standard InChI is InChI=1S/C12H18N2O3/c1-3-10-11(8(2)17-13-10)12(16)14(6-7-15)9-4-5-9/h9,15H,3-7H2,1-2H3. The summed E-state index contributed by atoms with van der Waals surface area (Å²) in [7, 11) is 0. The van der Waals surface area contributed by atoms with Crippen molar-refractivity contribution in [2.75, 3.05) is 13.2 Å². The van der Waals surface area contributed by atoms with Crippen molar-refractivity contribution < 1.29 is 14.4 Å². The number of carbonyl (C=O) groups is 1. The smallest absolute Gasteiger partial charge is 0.259 e. The lowest BCUT2D eigenvalue weighted by molar-refractivity contribution is 0.0705. The number of hydrogen-bond acceptors (Lipinski definition) is 4. The van der Waals surface area contributed by atoms with Crippen LogP contribution >= 0.6 is 0 Å². The van der Waals surface area contributed by atoms with Gasteiger partial charge in [-0.05, 0) is 26.2 Å². The van der Waals surface area contributed by atoms with Gasteiger partial charge in [-0.2, -0.15) is 0 Å². The van der Waals surface area contributed by atoms with E-state index in [2.05, 4.69) is 5.16 Å². The predicted molar refractivity (Wildman–Crippen MR) is 61.8 cm³/mol. The van der Waals surface area contributed by atoms with Crippen LogP contribution in [0.5, 0.6) is 0 Å². The summed E-state index contributed by atoms with van der Waals surface area (Å²) in [4.78, 5) is 14.1. The van der Waals surface area contributed by atoms with Gasteiger partial charge >= 0.3 is 0 Å². The minimum atomic E-state index is -0.0582. The first-order chi connectivity index (χ1) is 8.19. The third-order valence-corrected chi connectivity index (χ3v) is 3.07. The number of nitrogens with zero attached hydrogens (tertiary/aromatic N) is 2. The molecule has 17 heavy (non-hydrogen) atoms. The molecule has 1 saturated carbocycles. The molecule has 1 N–H and O–H groups in total. The van der Waals surface area contributed by atoms with Crippen molar-refractivity contribution in [1.82, 2.24) is 10.1 Å². The molecular formula is C12H18N2O3. The normalized spacial score (nSPS) is 15.0. The Kier molecular flexibility index (Phi) is 3.47. The van der Waals surface area contributed by atoms with Gasteiger partial charge in [-0.25, -0.2) is 0 Å². The van der Waals surface area contributed by atoms with Crippen LogP contribution in [0, 0.1) is 6.92 Å². The van der Waals surface area contributed by atoms with Crippen molar-refractivity contribution >= 4 is 5.91 Å². The van der Waals surface area contributed by atoms with Crippen LogP contribution in [0.2, 0.25) is 0 Å². The van der Waals surface area contributed by atoms with Crippen LogP contribution in [-0.4, -0.2) is 40.3 Å². The molecule has 0 saturated heterocycles. The Balaban J connectivity index is 2.24. The minimum absolute atomic E-state index is 0.00593. The maximum atomic E-state index is 12.4. The maximum Gasteiger partial charge on any atom is 0.259 e. The number of aryl methyl sites for hydroxylation is 2. The molecule has 0 spiro atoms. The van der Waals surface area contributed by atoms with Gasteiger partial charge in [-0.1, -0.05) is 12.1 Å². The Morgan fingerprint density at radius 2 is 2.29 bits per heavy atom. The summed E-state index contributed by atoms with van der Waals surface area (Å²) in [5.74, 6) is 0.507. The van der Waals surface area contributed by atoms with E-state index in [1.54, 1.807) is 11.8 Å². The SMILES string of the molecule is CCc1noc(C)c1C(=O)N(CCO)C1CC1. The van der Waals surface area contributed by atoms with Gasteiger partial charge in [0.05, 0.1) is 12.3 Å². The Morgan fingerprint density at radius 1 is 1.59 bits per heavy atom. The molecule has 2 rings (SSSR count). The van der Waals surface area contributed by atoms with E-state index in [-0.39, 0.29) is 18.6 Å². The lowest BCUT2D eigenvalue weighted by Crippen LogP contribution is -2.36. The number of rotatable bonds is 5. The van der Waals surface area contributed by atoms with Gasteiger partial charge in [0.2, 0.25) is 0 Å². The molecule has 1 aromatic rings. The zero-order valence-electron chi connectivity index (χ0n) is 10.3. The Labute approximate surface area is 100 Å². The van der Waals surface area contributed by atoms with Crippen molar-refractivity contribution in [2.45, 2.75) is 39.2 Å². The summed E-state index contributed by atoms with van der Waals surface area (Å²) in [6.45, 7) is 4.08. The molecule has 1 aliphatic rings. The molecule has 0 aliphatic heterocycles. The molecule has 5 nitrogen and oxygen atoms in total. The number of carbonyl (C=O) groups excluding carboxylic acids is 1. The largest absolute Gasteiger partial charge is 0.395 e. The van der Waals surface area contributed by atoms with E-state index in [0.717, 1.165) is 12.8 Å². The number of aliphatic hydroxyl groups excluding tert-OH is 1. The van der Waals surface area contributed by atoms with Crippen molar-refractivity contribution in [3.8, 4) is 0 Å². The molecule has 1 fully saturated rings. The number of aliphatic hydroxyl groups is 1. The van der Waals surface area contributed by atoms with Gasteiger partial charge in [0.25, 0.3) is 5.91 Å². The second-order valence-electron chi connectivity index (χ2n) is 4.37. The van der Waals surface area contributed by atoms with Crippen LogP contribution in [0.1, 0.15) is 41.6 Å². The van der Waals surface area contributed by atoms with Crippen LogP contribution in [0.3, 0.4) is 0 Å². The highest BCUT2D eigenvalue weighted by Gasteiger charge is 2.35. The average Bonchev–Trinajstić information content (AvgIpc) is 3.08. The Bertz CT molecular complexity index is 410. The van der Waals surface area contributed by atoms with Crippen LogP contribution in [0.4, 0.5) is 0 Å².